The summed E-state index contributed by atoms with van der Waals surface area (Å²) >= 11 is 0. The van der Waals surface area contributed by atoms with Crippen molar-refractivity contribution in [3.05, 3.63) is 53.9 Å². The maximum Gasteiger partial charge on any atom is 0.229 e. The highest BCUT2D eigenvalue weighted by Gasteiger charge is 2.04. The fraction of sp³-hybridized carbons (Fsp3) is 0.133. The van der Waals surface area contributed by atoms with Crippen LogP contribution in [-0.4, -0.2) is 20.2 Å². The minimum absolute atomic E-state index is 0.543. The number of para-hydroxylation sites is 1. The van der Waals surface area contributed by atoms with Crippen LogP contribution in [0.3, 0.4) is 0 Å². The van der Waals surface area contributed by atoms with Gasteiger partial charge in [-0.25, -0.2) is 4.98 Å². The van der Waals surface area contributed by atoms with Crippen molar-refractivity contribution >= 4 is 23.3 Å². The Morgan fingerprint density at radius 3 is 2.62 bits per heavy atom. The van der Waals surface area contributed by atoms with E-state index in [0.29, 0.717) is 11.8 Å². The number of hydrogen-bond donors (Lipinski definition) is 3. The molecule has 1 aromatic carbocycles. The third kappa shape index (κ3) is 3.17. The highest BCUT2D eigenvalue weighted by molar-refractivity contribution is 5.60. The van der Waals surface area contributed by atoms with Crippen molar-refractivity contribution < 1.29 is 0 Å². The van der Waals surface area contributed by atoms with Crippen molar-refractivity contribution in [1.29, 1.82) is 0 Å². The molecular weight excluding hydrogens is 264 g/mol. The van der Waals surface area contributed by atoms with E-state index in [-0.39, 0.29) is 0 Å². The molecule has 3 aromatic rings. The number of benzene rings is 1. The van der Waals surface area contributed by atoms with Crippen molar-refractivity contribution in [1.82, 2.24) is 20.2 Å². The fourth-order valence-corrected chi connectivity index (χ4v) is 1.94. The van der Waals surface area contributed by atoms with Crippen LogP contribution in [0.15, 0.2) is 42.6 Å². The molecule has 0 amide bonds. The minimum atomic E-state index is 0.543. The number of anilines is 4. The summed E-state index contributed by atoms with van der Waals surface area (Å²) < 4.78 is 0. The smallest absolute Gasteiger partial charge is 0.229 e. The largest absolute Gasteiger partial charge is 0.324 e. The van der Waals surface area contributed by atoms with Gasteiger partial charge in [0.15, 0.2) is 5.82 Å². The summed E-state index contributed by atoms with van der Waals surface area (Å²) in [7, 11) is 0. The van der Waals surface area contributed by atoms with Crippen molar-refractivity contribution in [2.75, 3.05) is 10.6 Å². The van der Waals surface area contributed by atoms with Gasteiger partial charge in [0, 0.05) is 23.6 Å². The van der Waals surface area contributed by atoms with E-state index in [0.717, 1.165) is 22.8 Å². The van der Waals surface area contributed by atoms with Crippen LogP contribution in [0.2, 0.25) is 0 Å². The highest BCUT2D eigenvalue weighted by atomic mass is 15.2. The van der Waals surface area contributed by atoms with Crippen LogP contribution in [-0.2, 0) is 0 Å². The second-order valence-electron chi connectivity index (χ2n) is 4.77. The molecule has 6 heteroatoms. The lowest BCUT2D eigenvalue weighted by Gasteiger charge is -2.08. The number of hydrogen-bond acceptors (Lipinski definition) is 5. The number of aryl methyl sites for hydroxylation is 2. The van der Waals surface area contributed by atoms with Crippen LogP contribution in [0.5, 0.6) is 0 Å². The summed E-state index contributed by atoms with van der Waals surface area (Å²) in [5, 5.41) is 13.3. The molecule has 0 spiro atoms. The molecule has 2 heterocycles. The number of H-pyrrole nitrogens is 1. The van der Waals surface area contributed by atoms with Crippen LogP contribution >= 0.6 is 0 Å². The van der Waals surface area contributed by atoms with E-state index in [1.165, 1.54) is 0 Å². The van der Waals surface area contributed by atoms with Gasteiger partial charge in [-0.2, -0.15) is 10.1 Å². The van der Waals surface area contributed by atoms with Crippen LogP contribution in [0.25, 0.3) is 0 Å². The molecule has 0 fully saturated rings. The lowest BCUT2D eigenvalue weighted by molar-refractivity contribution is 1.05. The summed E-state index contributed by atoms with van der Waals surface area (Å²) in [5.41, 5.74) is 3.12. The van der Waals surface area contributed by atoms with E-state index in [9.17, 15) is 0 Å². The van der Waals surface area contributed by atoms with E-state index >= 15 is 0 Å². The molecule has 0 aliphatic heterocycles. The van der Waals surface area contributed by atoms with E-state index in [1.807, 2.05) is 44.2 Å². The molecule has 21 heavy (non-hydrogen) atoms. The van der Waals surface area contributed by atoms with E-state index < -0.39 is 0 Å². The van der Waals surface area contributed by atoms with Gasteiger partial charge in [-0.3, -0.25) is 5.10 Å². The molecule has 0 atom stereocenters. The Morgan fingerprint density at radius 1 is 1.00 bits per heavy atom. The molecule has 0 radical (unpaired) electrons. The molecule has 0 unspecified atom stereocenters. The molecule has 0 saturated heterocycles. The monoisotopic (exact) mass is 280 g/mol. The lowest BCUT2D eigenvalue weighted by Crippen LogP contribution is -2.01. The number of nitrogens with zero attached hydrogens (tertiary/aromatic N) is 3. The van der Waals surface area contributed by atoms with Gasteiger partial charge in [-0.1, -0.05) is 18.2 Å². The van der Waals surface area contributed by atoms with Crippen LogP contribution in [0.1, 0.15) is 11.3 Å². The summed E-state index contributed by atoms with van der Waals surface area (Å²) in [6.45, 7) is 3.99. The second-order valence-corrected chi connectivity index (χ2v) is 4.77. The average Bonchev–Trinajstić information content (AvgIpc) is 2.87. The quantitative estimate of drug-likeness (QED) is 0.683. The van der Waals surface area contributed by atoms with Crippen LogP contribution in [0, 0.1) is 13.8 Å². The van der Waals surface area contributed by atoms with Crippen molar-refractivity contribution in [3.8, 4) is 0 Å². The molecule has 0 bridgehead atoms. The van der Waals surface area contributed by atoms with Crippen molar-refractivity contribution in [2.24, 2.45) is 0 Å². The van der Waals surface area contributed by atoms with Gasteiger partial charge in [0.05, 0.1) is 0 Å². The third-order valence-corrected chi connectivity index (χ3v) is 3.01. The number of aromatic amines is 1. The SMILES string of the molecule is Cc1cc(Nc2ccnc(Nc3ccccc3C)n2)n[nH]1. The first-order valence-electron chi connectivity index (χ1n) is 6.65. The van der Waals surface area contributed by atoms with Gasteiger partial charge < -0.3 is 10.6 Å². The Kier molecular flexibility index (Phi) is 3.51. The summed E-state index contributed by atoms with van der Waals surface area (Å²) in [6, 6.07) is 11.7. The maximum atomic E-state index is 4.43. The van der Waals surface area contributed by atoms with Gasteiger partial charge in [-0.05, 0) is 31.5 Å². The number of aromatic nitrogens is 4. The third-order valence-electron chi connectivity index (χ3n) is 3.01. The average molecular weight is 280 g/mol. The summed E-state index contributed by atoms with van der Waals surface area (Å²) in [6.07, 6.45) is 1.70. The van der Waals surface area contributed by atoms with Gasteiger partial charge in [-0.15, -0.1) is 0 Å². The zero-order chi connectivity index (χ0) is 14.7. The molecule has 106 valence electrons. The predicted octanol–water partition coefficient (Wildman–Crippen LogP) is 3.30. The molecule has 6 nitrogen and oxygen atoms in total. The standard InChI is InChI=1S/C15H16N6/c1-10-5-3-4-6-12(10)17-15-16-8-7-13(19-15)18-14-9-11(2)20-21-14/h3-9H,1-2H3,(H3,16,17,18,19,20,21). The van der Waals surface area contributed by atoms with Crippen molar-refractivity contribution in [3.63, 3.8) is 0 Å². The first kappa shape index (κ1) is 13.1. The number of rotatable bonds is 4. The maximum absolute atomic E-state index is 4.43. The zero-order valence-electron chi connectivity index (χ0n) is 11.9. The minimum Gasteiger partial charge on any atom is -0.324 e. The lowest BCUT2D eigenvalue weighted by atomic mass is 10.2. The van der Waals surface area contributed by atoms with Crippen molar-refractivity contribution in [2.45, 2.75) is 13.8 Å². The molecule has 2 aromatic heterocycles. The zero-order valence-corrected chi connectivity index (χ0v) is 11.9. The summed E-state index contributed by atoms with van der Waals surface area (Å²) in [5.74, 6) is 1.96. The van der Waals surface area contributed by atoms with E-state index in [4.69, 9.17) is 0 Å². The Bertz CT molecular complexity index is 749. The molecular formula is C15H16N6. The molecule has 0 aliphatic carbocycles. The Morgan fingerprint density at radius 2 is 1.86 bits per heavy atom. The van der Waals surface area contributed by atoms with E-state index in [2.05, 4.69) is 30.8 Å². The fourth-order valence-electron chi connectivity index (χ4n) is 1.94. The predicted molar refractivity (Wildman–Crippen MR) is 83.1 cm³/mol. The molecule has 0 aliphatic rings. The van der Waals surface area contributed by atoms with Crippen LogP contribution in [0.4, 0.5) is 23.3 Å². The first-order valence-corrected chi connectivity index (χ1v) is 6.65. The Labute approximate surface area is 122 Å². The van der Waals surface area contributed by atoms with E-state index in [1.54, 1.807) is 12.3 Å². The first-order chi connectivity index (χ1) is 10.2. The van der Waals surface area contributed by atoms with Gasteiger partial charge in [0.25, 0.3) is 0 Å². The normalized spacial score (nSPS) is 10.4. The molecule has 3 rings (SSSR count). The Hall–Kier alpha value is -2.89. The molecule has 0 saturated carbocycles. The van der Waals surface area contributed by atoms with Gasteiger partial charge >= 0.3 is 0 Å². The Balaban J connectivity index is 1.78. The highest BCUT2D eigenvalue weighted by Crippen LogP contribution is 2.19. The summed E-state index contributed by atoms with van der Waals surface area (Å²) in [4.78, 5) is 8.66. The molecule has 3 N–H and O–H groups in total. The van der Waals surface area contributed by atoms with Crippen LogP contribution < -0.4 is 10.6 Å². The number of nitrogens with one attached hydrogen (secondary N) is 3. The van der Waals surface area contributed by atoms with Gasteiger partial charge in [0.1, 0.15) is 5.82 Å². The second kappa shape index (κ2) is 5.62. The topological polar surface area (TPSA) is 78.5 Å². The van der Waals surface area contributed by atoms with Gasteiger partial charge in [0.2, 0.25) is 5.95 Å².